The first-order valence-electron chi connectivity index (χ1n) is 3.64. The number of carbonyl (C=O) groups is 1. The molecule has 0 unspecified atom stereocenters. The van der Waals surface area contributed by atoms with Crippen LogP contribution in [-0.4, -0.2) is 26.4 Å². The summed E-state index contributed by atoms with van der Waals surface area (Å²) in [4.78, 5) is 9.41. The molecule has 0 spiro atoms. The van der Waals surface area contributed by atoms with E-state index in [4.69, 9.17) is 5.73 Å². The molecule has 0 saturated heterocycles. The van der Waals surface area contributed by atoms with Crippen LogP contribution >= 0.6 is 0 Å². The fourth-order valence-electron chi connectivity index (χ4n) is 0.279. The van der Waals surface area contributed by atoms with Gasteiger partial charge in [-0.3, -0.25) is 4.79 Å². The van der Waals surface area contributed by atoms with Gasteiger partial charge in [0.05, 0.1) is 0 Å². The van der Waals surface area contributed by atoms with Gasteiger partial charge in [-0.25, -0.2) is 0 Å². The van der Waals surface area contributed by atoms with E-state index >= 15 is 0 Å². The Morgan fingerprint density at radius 3 is 2.27 bits per heavy atom. The summed E-state index contributed by atoms with van der Waals surface area (Å²) in [7, 11) is 1.93. The van der Waals surface area contributed by atoms with E-state index in [9.17, 15) is 4.79 Å². The number of hydrogen-bond donors (Lipinski definition) is 2. The minimum atomic E-state index is 0.574. The quantitative estimate of drug-likeness (QED) is 0.352. The minimum absolute atomic E-state index is 0.574. The van der Waals surface area contributed by atoms with E-state index in [0.717, 1.165) is 25.8 Å². The van der Waals surface area contributed by atoms with Crippen molar-refractivity contribution in [2.24, 2.45) is 5.73 Å². The second-order valence-electron chi connectivity index (χ2n) is 2.21. The molecule has 0 heterocycles. The molecule has 3 nitrogen and oxygen atoms in total. The average molecular weight is 158 g/mol. The maximum Gasteiger partial charge on any atom is 0.145 e. The van der Waals surface area contributed by atoms with Crippen LogP contribution in [0.3, 0.4) is 0 Å². The van der Waals surface area contributed by atoms with Gasteiger partial charge in [-0.1, -0.05) is 6.58 Å². The fourth-order valence-corrected chi connectivity index (χ4v) is 0.279. The Morgan fingerprint density at radius 2 is 2.18 bits per heavy atom. The second-order valence-corrected chi connectivity index (χ2v) is 2.21. The van der Waals surface area contributed by atoms with E-state index in [-0.39, 0.29) is 0 Å². The highest BCUT2D eigenvalue weighted by Crippen LogP contribution is 1.71. The monoisotopic (exact) mass is 158 g/mol. The van der Waals surface area contributed by atoms with Gasteiger partial charge >= 0.3 is 0 Å². The molecule has 0 aromatic heterocycles. The first kappa shape index (κ1) is 13.0. The Kier molecular flexibility index (Phi) is 14.2. The van der Waals surface area contributed by atoms with Crippen LogP contribution in [0, 0.1) is 0 Å². The standard InChI is InChI=1S/C4H12N2.C4H6O/c1-6-4-2-3-5;1-4(2)3-5/h6H,2-5H2,1H3;3H,1H2,2H3. The molecule has 0 fully saturated rings. The molecule has 0 aliphatic carbocycles. The van der Waals surface area contributed by atoms with Gasteiger partial charge in [-0.05, 0) is 39.1 Å². The zero-order chi connectivity index (χ0) is 9.11. The normalized spacial score (nSPS) is 7.91. The molecular weight excluding hydrogens is 140 g/mol. The Hall–Kier alpha value is -0.670. The van der Waals surface area contributed by atoms with E-state index in [1.807, 2.05) is 7.05 Å². The average Bonchev–Trinajstić information content (AvgIpc) is 2.02. The van der Waals surface area contributed by atoms with Crippen LogP contribution in [0.5, 0.6) is 0 Å². The molecule has 0 amide bonds. The van der Waals surface area contributed by atoms with Crippen molar-refractivity contribution in [1.29, 1.82) is 0 Å². The lowest BCUT2D eigenvalue weighted by atomic mass is 10.4. The molecule has 0 aliphatic heterocycles. The first-order chi connectivity index (χ1) is 5.18. The van der Waals surface area contributed by atoms with Crippen molar-refractivity contribution in [3.63, 3.8) is 0 Å². The first-order valence-corrected chi connectivity index (χ1v) is 3.64. The number of aldehydes is 1. The molecule has 0 saturated carbocycles. The van der Waals surface area contributed by atoms with Crippen molar-refractivity contribution >= 4 is 6.29 Å². The number of rotatable bonds is 4. The van der Waals surface area contributed by atoms with E-state index in [0.29, 0.717) is 5.57 Å². The summed E-state index contributed by atoms with van der Waals surface area (Å²) in [5.74, 6) is 0. The van der Waals surface area contributed by atoms with Gasteiger partial charge in [0.15, 0.2) is 0 Å². The highest BCUT2D eigenvalue weighted by atomic mass is 16.1. The molecule has 0 aromatic rings. The lowest BCUT2D eigenvalue weighted by Gasteiger charge is -1.90. The van der Waals surface area contributed by atoms with Crippen LogP contribution in [0.1, 0.15) is 13.3 Å². The molecule has 3 heteroatoms. The third-order valence-electron chi connectivity index (χ3n) is 0.832. The van der Waals surface area contributed by atoms with Crippen molar-refractivity contribution in [1.82, 2.24) is 5.32 Å². The van der Waals surface area contributed by atoms with Gasteiger partial charge in [0.1, 0.15) is 6.29 Å². The highest BCUT2D eigenvalue weighted by Gasteiger charge is 1.73. The summed E-state index contributed by atoms with van der Waals surface area (Å²) in [6.07, 6.45) is 1.80. The van der Waals surface area contributed by atoms with E-state index < -0.39 is 0 Å². The Morgan fingerprint density at radius 1 is 1.73 bits per heavy atom. The van der Waals surface area contributed by atoms with Crippen LogP contribution in [-0.2, 0) is 4.79 Å². The summed E-state index contributed by atoms with van der Waals surface area (Å²) in [5.41, 5.74) is 5.75. The molecule has 0 aliphatic rings. The summed E-state index contributed by atoms with van der Waals surface area (Å²) in [6.45, 7) is 6.80. The predicted octanol–water partition coefficient (Wildman–Crippen LogP) is 0.316. The summed E-state index contributed by atoms with van der Waals surface area (Å²) >= 11 is 0. The maximum atomic E-state index is 9.41. The molecule has 66 valence electrons. The molecule has 0 aromatic carbocycles. The predicted molar refractivity (Wildman–Crippen MR) is 48.5 cm³/mol. The van der Waals surface area contributed by atoms with Crippen molar-refractivity contribution < 1.29 is 4.79 Å². The molecule has 11 heavy (non-hydrogen) atoms. The SMILES string of the molecule is C=C(C)C=O.CNCCCN. The Bertz CT molecular complexity index is 98.3. The summed E-state index contributed by atoms with van der Waals surface area (Å²) in [6, 6.07) is 0. The highest BCUT2D eigenvalue weighted by molar-refractivity contribution is 5.70. The fraction of sp³-hybridized carbons (Fsp3) is 0.625. The van der Waals surface area contributed by atoms with Gasteiger partial charge in [-0.2, -0.15) is 0 Å². The van der Waals surface area contributed by atoms with E-state index in [1.54, 1.807) is 6.92 Å². The third kappa shape index (κ3) is 26.7. The third-order valence-corrected chi connectivity index (χ3v) is 0.832. The van der Waals surface area contributed by atoms with Crippen LogP contribution < -0.4 is 11.1 Å². The number of nitrogens with one attached hydrogen (secondary N) is 1. The molecule has 0 radical (unpaired) electrons. The Labute approximate surface area is 68.7 Å². The van der Waals surface area contributed by atoms with Gasteiger partial charge in [-0.15, -0.1) is 0 Å². The zero-order valence-corrected chi connectivity index (χ0v) is 7.39. The number of hydrogen-bond acceptors (Lipinski definition) is 3. The topological polar surface area (TPSA) is 55.1 Å². The summed E-state index contributed by atoms with van der Waals surface area (Å²) in [5, 5.41) is 2.99. The largest absolute Gasteiger partial charge is 0.330 e. The molecule has 0 rings (SSSR count). The van der Waals surface area contributed by atoms with Gasteiger partial charge in [0.25, 0.3) is 0 Å². The zero-order valence-electron chi connectivity index (χ0n) is 7.39. The van der Waals surface area contributed by atoms with Gasteiger partial charge < -0.3 is 11.1 Å². The molecular formula is C8H18N2O. The van der Waals surface area contributed by atoms with Crippen molar-refractivity contribution in [3.05, 3.63) is 12.2 Å². The van der Waals surface area contributed by atoms with Crippen molar-refractivity contribution in [2.45, 2.75) is 13.3 Å². The van der Waals surface area contributed by atoms with E-state index in [1.165, 1.54) is 0 Å². The van der Waals surface area contributed by atoms with Crippen molar-refractivity contribution in [3.8, 4) is 0 Å². The van der Waals surface area contributed by atoms with Gasteiger partial charge in [0, 0.05) is 0 Å². The summed E-state index contributed by atoms with van der Waals surface area (Å²) < 4.78 is 0. The minimum Gasteiger partial charge on any atom is -0.330 e. The van der Waals surface area contributed by atoms with Gasteiger partial charge in [0.2, 0.25) is 0 Å². The van der Waals surface area contributed by atoms with Crippen LogP contribution in [0.2, 0.25) is 0 Å². The second kappa shape index (κ2) is 12.0. The number of nitrogens with two attached hydrogens (primary N) is 1. The van der Waals surface area contributed by atoms with Crippen LogP contribution in [0.4, 0.5) is 0 Å². The molecule has 0 bridgehead atoms. The lowest BCUT2D eigenvalue weighted by molar-refractivity contribution is -0.104. The molecule has 3 N–H and O–H groups in total. The van der Waals surface area contributed by atoms with Crippen molar-refractivity contribution in [2.75, 3.05) is 20.1 Å². The number of allylic oxidation sites excluding steroid dienone is 1. The number of carbonyl (C=O) groups excluding carboxylic acids is 1. The van der Waals surface area contributed by atoms with Crippen LogP contribution in [0.15, 0.2) is 12.2 Å². The van der Waals surface area contributed by atoms with E-state index in [2.05, 4.69) is 11.9 Å². The molecule has 0 atom stereocenters. The van der Waals surface area contributed by atoms with Crippen LogP contribution in [0.25, 0.3) is 0 Å². The Balaban J connectivity index is 0. The lowest BCUT2D eigenvalue weighted by Crippen LogP contribution is -2.12. The smallest absolute Gasteiger partial charge is 0.145 e. The maximum absolute atomic E-state index is 9.41.